The maximum atomic E-state index is 12.1. The Morgan fingerprint density at radius 1 is 1.47 bits per heavy atom. The normalized spacial score (nSPS) is 16.9. The van der Waals surface area contributed by atoms with Crippen LogP contribution < -0.4 is 11.1 Å². The summed E-state index contributed by atoms with van der Waals surface area (Å²) >= 11 is 3.18. The van der Waals surface area contributed by atoms with Gasteiger partial charge in [-0.3, -0.25) is 4.99 Å². The minimum Gasteiger partial charge on any atom is -0.376 e. The maximum Gasteiger partial charge on any atom is 0.188 e. The molecule has 3 N–H and O–H groups in total. The number of benzene rings is 1. The smallest absolute Gasteiger partial charge is 0.188 e. The van der Waals surface area contributed by atoms with E-state index in [9.17, 15) is 4.39 Å². The predicted octanol–water partition coefficient (Wildman–Crippen LogP) is 2.29. The fourth-order valence-electron chi connectivity index (χ4n) is 1.47. The third-order valence-electron chi connectivity index (χ3n) is 2.87. The van der Waals surface area contributed by atoms with E-state index in [2.05, 4.69) is 33.2 Å². The standard InChI is InChI=1S/C7H15N3O.C6H4BrF/c1-3-7(4-11-5-7)10-6(8)9-2;7-5-1-3-6(8)4-2-5/h3-5H2,1-2H3,(H3,8,9,10);1-4H. The first-order chi connectivity index (χ1) is 9.01. The summed E-state index contributed by atoms with van der Waals surface area (Å²) in [5.41, 5.74) is 5.59. The van der Waals surface area contributed by atoms with Gasteiger partial charge in [-0.15, -0.1) is 0 Å². The predicted molar refractivity (Wildman–Crippen MR) is 78.6 cm³/mol. The molecule has 2 rings (SSSR count). The van der Waals surface area contributed by atoms with Crippen LogP contribution >= 0.6 is 15.9 Å². The van der Waals surface area contributed by atoms with Gasteiger partial charge in [-0.1, -0.05) is 22.9 Å². The van der Waals surface area contributed by atoms with Crippen molar-refractivity contribution in [2.75, 3.05) is 20.3 Å². The van der Waals surface area contributed by atoms with Gasteiger partial charge in [-0.2, -0.15) is 0 Å². The third-order valence-corrected chi connectivity index (χ3v) is 3.40. The Labute approximate surface area is 121 Å². The van der Waals surface area contributed by atoms with Crippen LogP contribution in [0.5, 0.6) is 0 Å². The minimum atomic E-state index is -0.201. The molecule has 1 saturated heterocycles. The van der Waals surface area contributed by atoms with E-state index in [4.69, 9.17) is 10.5 Å². The van der Waals surface area contributed by atoms with E-state index in [1.54, 1.807) is 19.2 Å². The molecule has 6 heteroatoms. The molecular formula is C13H19BrFN3O. The highest BCUT2D eigenvalue weighted by Gasteiger charge is 2.36. The summed E-state index contributed by atoms with van der Waals surface area (Å²) in [5.74, 6) is 0.295. The topological polar surface area (TPSA) is 59.6 Å². The first kappa shape index (κ1) is 15.9. The average molecular weight is 332 g/mol. The number of rotatable bonds is 2. The van der Waals surface area contributed by atoms with Crippen molar-refractivity contribution >= 4 is 21.9 Å². The Morgan fingerprint density at radius 3 is 2.37 bits per heavy atom. The van der Waals surface area contributed by atoms with Crippen LogP contribution in [0.15, 0.2) is 33.7 Å². The van der Waals surface area contributed by atoms with E-state index >= 15 is 0 Å². The van der Waals surface area contributed by atoms with E-state index in [-0.39, 0.29) is 11.4 Å². The molecule has 1 fully saturated rings. The molecule has 0 unspecified atom stereocenters. The quantitative estimate of drug-likeness (QED) is 0.645. The molecule has 0 aromatic heterocycles. The molecule has 1 aromatic carbocycles. The zero-order valence-corrected chi connectivity index (χ0v) is 12.7. The molecule has 1 aliphatic rings. The molecule has 106 valence electrons. The summed E-state index contributed by atoms with van der Waals surface area (Å²) in [6, 6.07) is 6.14. The molecule has 1 aliphatic heterocycles. The van der Waals surface area contributed by atoms with Gasteiger partial charge in [0.2, 0.25) is 0 Å². The maximum absolute atomic E-state index is 12.1. The van der Waals surface area contributed by atoms with Crippen molar-refractivity contribution in [3.8, 4) is 0 Å². The summed E-state index contributed by atoms with van der Waals surface area (Å²) in [6.45, 7) is 3.58. The van der Waals surface area contributed by atoms with E-state index in [0.29, 0.717) is 5.96 Å². The Hall–Kier alpha value is -1.14. The fraction of sp³-hybridized carbons (Fsp3) is 0.462. The molecule has 1 aromatic rings. The van der Waals surface area contributed by atoms with Crippen LogP contribution in [0.1, 0.15) is 13.3 Å². The van der Waals surface area contributed by atoms with Crippen molar-refractivity contribution in [3.63, 3.8) is 0 Å². The van der Waals surface area contributed by atoms with Crippen LogP contribution in [0.3, 0.4) is 0 Å². The molecule has 4 nitrogen and oxygen atoms in total. The Balaban J connectivity index is 0.000000200. The first-order valence-electron chi connectivity index (χ1n) is 6.00. The lowest BCUT2D eigenvalue weighted by Crippen LogP contribution is -2.63. The zero-order chi connectivity index (χ0) is 14.3. The van der Waals surface area contributed by atoms with Crippen LogP contribution in [-0.4, -0.2) is 31.8 Å². The van der Waals surface area contributed by atoms with Crippen molar-refractivity contribution in [2.24, 2.45) is 10.7 Å². The van der Waals surface area contributed by atoms with Crippen LogP contribution in [-0.2, 0) is 4.74 Å². The van der Waals surface area contributed by atoms with E-state index < -0.39 is 0 Å². The second-order valence-electron chi connectivity index (χ2n) is 4.30. The summed E-state index contributed by atoms with van der Waals surface area (Å²) in [6.07, 6.45) is 1.02. The van der Waals surface area contributed by atoms with Gasteiger partial charge < -0.3 is 15.8 Å². The SMILES string of the molecule is CCC1(NC(N)=NC)COC1.Fc1ccc(Br)cc1. The second kappa shape index (κ2) is 7.45. The van der Waals surface area contributed by atoms with Gasteiger partial charge in [0.1, 0.15) is 5.82 Å². The summed E-state index contributed by atoms with van der Waals surface area (Å²) < 4.78 is 18.1. The molecule has 0 amide bonds. The molecule has 0 bridgehead atoms. The molecule has 0 spiro atoms. The highest BCUT2D eigenvalue weighted by Crippen LogP contribution is 2.19. The lowest BCUT2D eigenvalue weighted by Gasteiger charge is -2.41. The largest absolute Gasteiger partial charge is 0.376 e. The second-order valence-corrected chi connectivity index (χ2v) is 5.21. The number of nitrogens with zero attached hydrogens (tertiary/aromatic N) is 1. The van der Waals surface area contributed by atoms with E-state index in [1.165, 1.54) is 12.1 Å². The number of hydrogen-bond donors (Lipinski definition) is 2. The summed E-state index contributed by atoms with van der Waals surface area (Å²) in [7, 11) is 1.67. The van der Waals surface area contributed by atoms with Crippen molar-refractivity contribution < 1.29 is 9.13 Å². The lowest BCUT2D eigenvalue weighted by atomic mass is 9.94. The zero-order valence-electron chi connectivity index (χ0n) is 11.1. The molecular weight excluding hydrogens is 313 g/mol. The number of aliphatic imine (C=N–C) groups is 1. The van der Waals surface area contributed by atoms with Gasteiger partial charge in [-0.05, 0) is 30.7 Å². The lowest BCUT2D eigenvalue weighted by molar-refractivity contribution is -0.0664. The molecule has 19 heavy (non-hydrogen) atoms. The van der Waals surface area contributed by atoms with Crippen molar-refractivity contribution in [1.82, 2.24) is 5.32 Å². The van der Waals surface area contributed by atoms with Crippen LogP contribution in [0, 0.1) is 5.82 Å². The van der Waals surface area contributed by atoms with Gasteiger partial charge in [0, 0.05) is 11.5 Å². The van der Waals surface area contributed by atoms with Gasteiger partial charge in [0.25, 0.3) is 0 Å². The van der Waals surface area contributed by atoms with Crippen molar-refractivity contribution in [3.05, 3.63) is 34.6 Å². The first-order valence-corrected chi connectivity index (χ1v) is 6.80. The van der Waals surface area contributed by atoms with Crippen LogP contribution in [0.4, 0.5) is 4.39 Å². The number of nitrogens with one attached hydrogen (secondary N) is 1. The van der Waals surface area contributed by atoms with Gasteiger partial charge in [0.15, 0.2) is 5.96 Å². The van der Waals surface area contributed by atoms with Gasteiger partial charge in [-0.25, -0.2) is 4.39 Å². The Bertz CT molecular complexity index is 392. The third kappa shape index (κ3) is 5.16. The number of halogens is 2. The highest BCUT2D eigenvalue weighted by molar-refractivity contribution is 9.10. The van der Waals surface area contributed by atoms with Crippen LogP contribution in [0.25, 0.3) is 0 Å². The highest BCUT2D eigenvalue weighted by atomic mass is 79.9. The Kier molecular flexibility index (Phi) is 6.24. The van der Waals surface area contributed by atoms with E-state index in [0.717, 1.165) is 24.1 Å². The van der Waals surface area contributed by atoms with Crippen LogP contribution in [0.2, 0.25) is 0 Å². The number of hydrogen-bond acceptors (Lipinski definition) is 2. The molecule has 0 radical (unpaired) electrons. The fourth-order valence-corrected chi connectivity index (χ4v) is 1.73. The van der Waals surface area contributed by atoms with Gasteiger partial charge >= 0.3 is 0 Å². The van der Waals surface area contributed by atoms with Crippen molar-refractivity contribution in [1.29, 1.82) is 0 Å². The number of guanidine groups is 1. The summed E-state index contributed by atoms with van der Waals surface area (Å²) in [5, 5.41) is 3.13. The minimum absolute atomic E-state index is 0.0591. The van der Waals surface area contributed by atoms with E-state index in [1.807, 2.05) is 0 Å². The average Bonchev–Trinajstić information content (AvgIpc) is 2.38. The Morgan fingerprint density at radius 2 is 2.05 bits per heavy atom. The van der Waals surface area contributed by atoms with Gasteiger partial charge in [0.05, 0.1) is 18.8 Å². The monoisotopic (exact) mass is 331 g/mol. The molecule has 1 heterocycles. The number of ether oxygens (including phenoxy) is 1. The molecule has 0 atom stereocenters. The number of nitrogens with two attached hydrogens (primary N) is 1. The molecule has 0 aliphatic carbocycles. The van der Waals surface area contributed by atoms with Crippen molar-refractivity contribution in [2.45, 2.75) is 18.9 Å². The molecule has 0 saturated carbocycles. The summed E-state index contributed by atoms with van der Waals surface area (Å²) in [4.78, 5) is 3.83.